The Morgan fingerprint density at radius 2 is 1.75 bits per heavy atom. The minimum atomic E-state index is -4.88. The number of nitrogens with zero attached hydrogens (tertiary/aromatic N) is 1. The Morgan fingerprint density at radius 3 is 2.32 bits per heavy atom. The molecule has 1 aliphatic rings. The molecule has 0 aromatic heterocycles. The van der Waals surface area contributed by atoms with Gasteiger partial charge in [0.15, 0.2) is 0 Å². The summed E-state index contributed by atoms with van der Waals surface area (Å²) in [6, 6.07) is 8.60. The molecule has 0 radical (unpaired) electrons. The molecule has 1 heterocycles. The van der Waals surface area contributed by atoms with Gasteiger partial charge in [0.2, 0.25) is 10.0 Å². The van der Waals surface area contributed by atoms with Gasteiger partial charge < -0.3 is 9.64 Å². The molecule has 2 aromatic rings. The molecule has 5 nitrogen and oxygen atoms in total. The Labute approximate surface area is 159 Å². The number of hydrogen-bond acceptors (Lipinski definition) is 4. The number of hydrogen-bond donors (Lipinski definition) is 1. The van der Waals surface area contributed by atoms with Crippen molar-refractivity contribution in [2.75, 3.05) is 18.0 Å². The molecular formula is C18H18F4N2O3S. The number of sulfonamides is 1. The minimum Gasteiger partial charge on any atom is -0.367 e. The van der Waals surface area contributed by atoms with Crippen LogP contribution in [-0.2, 0) is 20.9 Å². The standard InChI is InChI=1S/C18H18F4N2O3S/c1-11-9-24(10-16(27-11)12-2-4-13(19)5-3-12)14-6-7-17(28(23,25)26)15(8-14)18(20,21)22/h2-8,11,16H,9-10H2,1H3,(H2,23,25,26). The predicted molar refractivity (Wildman–Crippen MR) is 94.7 cm³/mol. The summed E-state index contributed by atoms with van der Waals surface area (Å²) < 4.78 is 82.2. The first kappa shape index (κ1) is 20.6. The first-order chi connectivity index (χ1) is 12.9. The van der Waals surface area contributed by atoms with Gasteiger partial charge in [-0.3, -0.25) is 0 Å². The molecule has 0 saturated carbocycles. The monoisotopic (exact) mass is 418 g/mol. The summed E-state index contributed by atoms with van der Waals surface area (Å²) in [6.07, 6.45) is -5.67. The van der Waals surface area contributed by atoms with Gasteiger partial charge in [-0.25, -0.2) is 17.9 Å². The third kappa shape index (κ3) is 4.45. The summed E-state index contributed by atoms with van der Waals surface area (Å²) in [7, 11) is -4.53. The van der Waals surface area contributed by atoms with Crippen molar-refractivity contribution in [1.82, 2.24) is 0 Å². The van der Waals surface area contributed by atoms with Crippen molar-refractivity contribution in [2.24, 2.45) is 5.14 Å². The molecule has 3 rings (SSSR count). The van der Waals surface area contributed by atoms with Crippen LogP contribution in [0, 0.1) is 5.82 Å². The molecule has 0 amide bonds. The average Bonchev–Trinajstić information content (AvgIpc) is 2.60. The van der Waals surface area contributed by atoms with Gasteiger partial charge in [-0.15, -0.1) is 0 Å². The highest BCUT2D eigenvalue weighted by atomic mass is 32.2. The molecule has 0 aliphatic carbocycles. The summed E-state index contributed by atoms with van der Waals surface area (Å²) in [5.74, 6) is -0.405. The fourth-order valence-electron chi connectivity index (χ4n) is 3.21. The number of rotatable bonds is 3. The fraction of sp³-hybridized carbons (Fsp3) is 0.333. The molecule has 1 fully saturated rings. The molecule has 1 saturated heterocycles. The van der Waals surface area contributed by atoms with Crippen molar-refractivity contribution in [3.8, 4) is 0 Å². The van der Waals surface area contributed by atoms with Crippen LogP contribution in [0.5, 0.6) is 0 Å². The van der Waals surface area contributed by atoms with Crippen molar-refractivity contribution in [3.05, 3.63) is 59.4 Å². The molecule has 0 bridgehead atoms. The van der Waals surface area contributed by atoms with Gasteiger partial charge in [-0.1, -0.05) is 12.1 Å². The van der Waals surface area contributed by atoms with E-state index in [0.29, 0.717) is 12.1 Å². The second-order valence-electron chi connectivity index (χ2n) is 6.62. The number of benzene rings is 2. The number of nitrogens with two attached hydrogens (primary N) is 1. The van der Waals surface area contributed by atoms with E-state index in [1.165, 1.54) is 18.2 Å². The smallest absolute Gasteiger partial charge is 0.367 e. The molecule has 10 heteroatoms. The molecule has 1 aliphatic heterocycles. The van der Waals surface area contributed by atoms with E-state index in [1.807, 2.05) is 0 Å². The Bertz CT molecular complexity index is 962. The average molecular weight is 418 g/mol. The van der Waals surface area contributed by atoms with Gasteiger partial charge >= 0.3 is 6.18 Å². The van der Waals surface area contributed by atoms with E-state index in [-0.39, 0.29) is 18.3 Å². The van der Waals surface area contributed by atoms with E-state index in [4.69, 9.17) is 9.88 Å². The number of anilines is 1. The molecule has 152 valence electrons. The van der Waals surface area contributed by atoms with Crippen molar-refractivity contribution >= 4 is 15.7 Å². The predicted octanol–water partition coefficient (Wildman–Crippen LogP) is 3.46. The van der Waals surface area contributed by atoms with E-state index in [9.17, 15) is 26.0 Å². The zero-order valence-corrected chi connectivity index (χ0v) is 15.6. The number of ether oxygens (including phenoxy) is 1. The molecule has 2 unspecified atom stereocenters. The molecule has 28 heavy (non-hydrogen) atoms. The van der Waals surface area contributed by atoms with E-state index in [0.717, 1.165) is 12.1 Å². The third-order valence-electron chi connectivity index (χ3n) is 4.44. The Hall–Kier alpha value is -2.17. The van der Waals surface area contributed by atoms with Crippen LogP contribution in [0.3, 0.4) is 0 Å². The molecule has 2 atom stereocenters. The summed E-state index contributed by atoms with van der Waals surface area (Å²) in [5.41, 5.74) is -0.429. The molecule has 2 aromatic carbocycles. The van der Waals surface area contributed by atoms with E-state index >= 15 is 0 Å². The topological polar surface area (TPSA) is 72.6 Å². The Morgan fingerprint density at radius 1 is 1.11 bits per heavy atom. The van der Waals surface area contributed by atoms with Crippen LogP contribution < -0.4 is 10.0 Å². The van der Waals surface area contributed by atoms with Gasteiger partial charge in [-0.2, -0.15) is 13.2 Å². The van der Waals surface area contributed by atoms with Crippen LogP contribution in [-0.4, -0.2) is 27.6 Å². The molecular weight excluding hydrogens is 400 g/mol. The van der Waals surface area contributed by atoms with Crippen LogP contribution in [0.25, 0.3) is 0 Å². The lowest BCUT2D eigenvalue weighted by atomic mass is 10.1. The summed E-state index contributed by atoms with van der Waals surface area (Å²) in [5, 5.41) is 4.92. The van der Waals surface area contributed by atoms with Crippen molar-refractivity contribution in [1.29, 1.82) is 0 Å². The van der Waals surface area contributed by atoms with Crippen molar-refractivity contribution in [3.63, 3.8) is 0 Å². The maximum atomic E-state index is 13.4. The highest BCUT2D eigenvalue weighted by Crippen LogP contribution is 2.37. The van der Waals surface area contributed by atoms with Gasteiger partial charge in [-0.05, 0) is 42.8 Å². The van der Waals surface area contributed by atoms with Crippen LogP contribution in [0.15, 0.2) is 47.4 Å². The Kier molecular flexibility index (Phi) is 5.39. The number of alkyl halides is 3. The van der Waals surface area contributed by atoms with Gasteiger partial charge in [0, 0.05) is 18.8 Å². The minimum absolute atomic E-state index is 0.196. The maximum Gasteiger partial charge on any atom is 0.417 e. The zero-order chi connectivity index (χ0) is 20.7. The van der Waals surface area contributed by atoms with Crippen LogP contribution >= 0.6 is 0 Å². The number of primary sulfonamides is 1. The fourth-order valence-corrected chi connectivity index (χ4v) is 3.95. The van der Waals surface area contributed by atoms with Crippen molar-refractivity contribution < 1.29 is 30.7 Å². The first-order valence-corrected chi connectivity index (χ1v) is 9.89. The lowest BCUT2D eigenvalue weighted by Gasteiger charge is -2.38. The van der Waals surface area contributed by atoms with Crippen LogP contribution in [0.4, 0.5) is 23.2 Å². The van der Waals surface area contributed by atoms with Gasteiger partial charge in [0.1, 0.15) is 11.9 Å². The van der Waals surface area contributed by atoms with Crippen molar-refractivity contribution in [2.45, 2.75) is 30.2 Å². The second kappa shape index (κ2) is 7.34. The van der Waals surface area contributed by atoms with Crippen LogP contribution in [0.2, 0.25) is 0 Å². The normalized spacial score (nSPS) is 21.0. The van der Waals surface area contributed by atoms with E-state index in [1.54, 1.807) is 24.0 Å². The van der Waals surface area contributed by atoms with Crippen LogP contribution in [0.1, 0.15) is 24.2 Å². The van der Waals surface area contributed by atoms with Gasteiger partial charge in [0.05, 0.1) is 16.6 Å². The van der Waals surface area contributed by atoms with E-state index in [2.05, 4.69) is 0 Å². The molecule has 2 N–H and O–H groups in total. The largest absolute Gasteiger partial charge is 0.417 e. The SMILES string of the molecule is CC1CN(c2ccc(S(N)(=O)=O)c(C(F)(F)F)c2)CC(c2ccc(F)cc2)O1. The quantitative estimate of drug-likeness (QED) is 0.775. The lowest BCUT2D eigenvalue weighted by molar-refractivity contribution is -0.139. The lowest BCUT2D eigenvalue weighted by Crippen LogP contribution is -2.43. The maximum absolute atomic E-state index is 13.4. The summed E-state index contributed by atoms with van der Waals surface area (Å²) in [4.78, 5) is 0.699. The first-order valence-electron chi connectivity index (χ1n) is 8.35. The number of morpholine rings is 1. The molecule has 0 spiro atoms. The zero-order valence-electron chi connectivity index (χ0n) is 14.8. The highest BCUT2D eigenvalue weighted by molar-refractivity contribution is 7.89. The number of halogens is 4. The second-order valence-corrected chi connectivity index (χ2v) is 8.14. The Balaban J connectivity index is 1.97. The highest BCUT2D eigenvalue weighted by Gasteiger charge is 2.37. The summed E-state index contributed by atoms with van der Waals surface area (Å²) >= 11 is 0. The summed E-state index contributed by atoms with van der Waals surface area (Å²) in [6.45, 7) is 2.30. The van der Waals surface area contributed by atoms with Gasteiger partial charge in [0.25, 0.3) is 0 Å². The van der Waals surface area contributed by atoms with E-state index < -0.39 is 38.6 Å². The third-order valence-corrected chi connectivity index (χ3v) is 5.41.